The highest BCUT2D eigenvalue weighted by Gasteiger charge is 2.19. The number of carbonyl (C=O) groups excluding carboxylic acids is 2. The van der Waals surface area contributed by atoms with Crippen LogP contribution >= 0.6 is 11.6 Å². The van der Waals surface area contributed by atoms with Crippen LogP contribution in [0.25, 0.3) is 0 Å². The highest BCUT2D eigenvalue weighted by molar-refractivity contribution is 6.30. The normalized spacial score (nSPS) is 16.2. The Balaban J connectivity index is 1.95. The van der Waals surface area contributed by atoms with Crippen LogP contribution in [-0.2, 0) is 9.59 Å². The van der Waals surface area contributed by atoms with Crippen LogP contribution in [-0.4, -0.2) is 35.5 Å². The zero-order valence-corrected chi connectivity index (χ0v) is 14.1. The van der Waals surface area contributed by atoms with Crippen molar-refractivity contribution in [2.75, 3.05) is 13.1 Å². The van der Waals surface area contributed by atoms with Gasteiger partial charge < -0.3 is 4.90 Å². The molecule has 1 fully saturated rings. The molecule has 0 spiro atoms. The molecule has 0 saturated carbocycles. The summed E-state index contributed by atoms with van der Waals surface area (Å²) in [5.74, 6) is -0.213. The second-order valence-corrected chi connectivity index (χ2v) is 6.02. The number of halogens is 1. The Labute approximate surface area is 141 Å². The molecule has 1 aromatic carbocycles. The van der Waals surface area contributed by atoms with Crippen LogP contribution in [0.3, 0.4) is 0 Å². The third kappa shape index (κ3) is 5.36. The first-order valence-electron chi connectivity index (χ1n) is 7.99. The fourth-order valence-corrected chi connectivity index (χ4v) is 2.66. The molecule has 0 unspecified atom stereocenters. The van der Waals surface area contributed by atoms with Gasteiger partial charge in [-0.3, -0.25) is 9.59 Å². The van der Waals surface area contributed by atoms with Crippen LogP contribution in [0.1, 0.15) is 44.6 Å². The summed E-state index contributed by atoms with van der Waals surface area (Å²) >= 11 is 5.88. The summed E-state index contributed by atoms with van der Waals surface area (Å²) in [6.45, 7) is 2.69. The fraction of sp³-hybridized carbons (Fsp3) is 0.471. The highest BCUT2D eigenvalue weighted by atomic mass is 35.5. The van der Waals surface area contributed by atoms with Crippen molar-refractivity contribution in [1.82, 2.24) is 10.3 Å². The lowest BCUT2D eigenvalue weighted by molar-refractivity contribution is -0.135. The van der Waals surface area contributed by atoms with E-state index in [1.165, 1.54) is 0 Å². The topological polar surface area (TPSA) is 61.8 Å². The van der Waals surface area contributed by atoms with Crippen LogP contribution in [0.2, 0.25) is 5.02 Å². The molecule has 1 aliphatic heterocycles. The predicted octanol–water partition coefficient (Wildman–Crippen LogP) is 2.97. The molecule has 23 heavy (non-hydrogen) atoms. The van der Waals surface area contributed by atoms with Gasteiger partial charge in [0, 0.05) is 18.0 Å². The summed E-state index contributed by atoms with van der Waals surface area (Å²) in [7, 11) is 0. The number of hydrogen-bond donors (Lipinski definition) is 1. The smallest absolute Gasteiger partial charge is 0.259 e. The number of hydrazone groups is 1. The number of nitrogens with one attached hydrogen (secondary N) is 1. The molecule has 124 valence electrons. The van der Waals surface area contributed by atoms with E-state index in [4.69, 9.17) is 11.6 Å². The second kappa shape index (κ2) is 8.67. The third-order valence-electron chi connectivity index (χ3n) is 3.83. The molecule has 6 heteroatoms. The van der Waals surface area contributed by atoms with Crippen LogP contribution < -0.4 is 5.43 Å². The summed E-state index contributed by atoms with van der Waals surface area (Å²) in [5.41, 5.74) is 4.25. The minimum Gasteiger partial charge on any atom is -0.333 e. The molecule has 1 aliphatic rings. The molecule has 0 radical (unpaired) electrons. The van der Waals surface area contributed by atoms with Gasteiger partial charge in [0.15, 0.2) is 0 Å². The third-order valence-corrected chi connectivity index (χ3v) is 4.09. The van der Waals surface area contributed by atoms with Gasteiger partial charge in [-0.25, -0.2) is 5.43 Å². The van der Waals surface area contributed by atoms with Crippen molar-refractivity contribution in [3.05, 3.63) is 34.9 Å². The predicted molar refractivity (Wildman–Crippen MR) is 91.5 cm³/mol. The molecule has 0 atom stereocenters. The van der Waals surface area contributed by atoms with E-state index in [1.807, 2.05) is 19.1 Å². The Bertz CT molecular complexity index is 584. The van der Waals surface area contributed by atoms with Crippen LogP contribution in [0.4, 0.5) is 0 Å². The van der Waals surface area contributed by atoms with E-state index >= 15 is 0 Å². The Kier molecular flexibility index (Phi) is 6.59. The average molecular weight is 336 g/mol. The largest absolute Gasteiger partial charge is 0.333 e. The maximum atomic E-state index is 12.0. The van der Waals surface area contributed by atoms with Crippen molar-refractivity contribution in [3.63, 3.8) is 0 Å². The molecular formula is C17H22ClN3O2. The minimum atomic E-state index is -0.264. The first-order valence-corrected chi connectivity index (χ1v) is 8.37. The maximum absolute atomic E-state index is 12.0. The molecule has 1 heterocycles. The Morgan fingerprint density at radius 1 is 1.26 bits per heavy atom. The van der Waals surface area contributed by atoms with E-state index in [1.54, 1.807) is 17.0 Å². The number of rotatable bonds is 5. The highest BCUT2D eigenvalue weighted by Crippen LogP contribution is 2.12. The number of carbonyl (C=O) groups is 2. The first-order chi connectivity index (χ1) is 11.1. The van der Waals surface area contributed by atoms with E-state index in [0.29, 0.717) is 24.4 Å². The van der Waals surface area contributed by atoms with Crippen LogP contribution in [0.15, 0.2) is 29.4 Å². The summed E-state index contributed by atoms with van der Waals surface area (Å²) in [6.07, 6.45) is 4.11. The van der Waals surface area contributed by atoms with Gasteiger partial charge >= 0.3 is 0 Å². The fourth-order valence-electron chi connectivity index (χ4n) is 2.53. The SMILES string of the molecule is CC/C(=N/NC(=O)CN1CCCCCC1=O)c1ccc(Cl)cc1. The number of benzene rings is 1. The Morgan fingerprint density at radius 3 is 2.70 bits per heavy atom. The van der Waals surface area contributed by atoms with E-state index in [-0.39, 0.29) is 18.4 Å². The molecule has 0 aromatic heterocycles. The molecular weight excluding hydrogens is 314 g/mol. The van der Waals surface area contributed by atoms with Crippen molar-refractivity contribution >= 4 is 29.1 Å². The van der Waals surface area contributed by atoms with Gasteiger partial charge in [-0.1, -0.05) is 37.1 Å². The number of hydrogen-bond acceptors (Lipinski definition) is 3. The molecule has 5 nitrogen and oxygen atoms in total. The van der Waals surface area contributed by atoms with Crippen molar-refractivity contribution in [1.29, 1.82) is 0 Å². The van der Waals surface area contributed by atoms with E-state index in [2.05, 4.69) is 10.5 Å². The Hall–Kier alpha value is -1.88. The van der Waals surface area contributed by atoms with Gasteiger partial charge in [0.05, 0.1) is 5.71 Å². The lowest BCUT2D eigenvalue weighted by atomic mass is 10.1. The zero-order valence-electron chi connectivity index (χ0n) is 13.3. The maximum Gasteiger partial charge on any atom is 0.259 e. The van der Waals surface area contributed by atoms with Crippen molar-refractivity contribution in [2.24, 2.45) is 5.10 Å². The van der Waals surface area contributed by atoms with Crippen molar-refractivity contribution < 1.29 is 9.59 Å². The molecule has 1 saturated heterocycles. The summed E-state index contributed by atoms with van der Waals surface area (Å²) in [5, 5.41) is 4.85. The van der Waals surface area contributed by atoms with Crippen LogP contribution in [0, 0.1) is 0 Å². The van der Waals surface area contributed by atoms with Crippen molar-refractivity contribution in [3.8, 4) is 0 Å². The van der Waals surface area contributed by atoms with Gasteiger partial charge in [-0.2, -0.15) is 5.10 Å². The number of nitrogens with zero attached hydrogens (tertiary/aromatic N) is 2. The van der Waals surface area contributed by atoms with Gasteiger partial charge in [-0.05, 0) is 37.0 Å². The lowest BCUT2D eigenvalue weighted by Gasteiger charge is -2.19. The summed E-state index contributed by atoms with van der Waals surface area (Å²) in [4.78, 5) is 25.6. The average Bonchev–Trinajstić information content (AvgIpc) is 2.74. The van der Waals surface area contributed by atoms with Crippen LogP contribution in [0.5, 0.6) is 0 Å². The zero-order chi connectivity index (χ0) is 16.7. The number of amides is 2. The quantitative estimate of drug-likeness (QED) is 0.664. The van der Waals surface area contributed by atoms with Gasteiger partial charge in [0.2, 0.25) is 5.91 Å². The second-order valence-electron chi connectivity index (χ2n) is 5.58. The number of likely N-dealkylation sites (tertiary alicyclic amines) is 1. The molecule has 0 bridgehead atoms. The minimum absolute atomic E-state index is 0.0510. The molecule has 2 rings (SSSR count). The molecule has 1 N–H and O–H groups in total. The van der Waals surface area contributed by atoms with Gasteiger partial charge in [0.25, 0.3) is 5.91 Å². The van der Waals surface area contributed by atoms with E-state index in [9.17, 15) is 9.59 Å². The summed E-state index contributed by atoms with van der Waals surface area (Å²) < 4.78 is 0. The standard InChI is InChI=1S/C17H22ClN3O2/c1-2-15(13-7-9-14(18)10-8-13)19-20-16(22)12-21-11-5-3-4-6-17(21)23/h7-10H,2-6,11-12H2,1H3,(H,20,22)/b19-15-. The van der Waals surface area contributed by atoms with Crippen molar-refractivity contribution in [2.45, 2.75) is 39.0 Å². The molecule has 2 amide bonds. The van der Waals surface area contributed by atoms with E-state index < -0.39 is 0 Å². The van der Waals surface area contributed by atoms with E-state index in [0.717, 1.165) is 30.5 Å². The molecule has 0 aliphatic carbocycles. The lowest BCUT2D eigenvalue weighted by Crippen LogP contribution is -2.39. The Morgan fingerprint density at radius 2 is 2.00 bits per heavy atom. The monoisotopic (exact) mass is 335 g/mol. The first kappa shape index (κ1) is 17.5. The van der Waals surface area contributed by atoms with Gasteiger partial charge in [0.1, 0.15) is 6.54 Å². The summed E-state index contributed by atoms with van der Waals surface area (Å²) in [6, 6.07) is 7.32. The molecule has 1 aromatic rings. The van der Waals surface area contributed by atoms with Gasteiger partial charge in [-0.15, -0.1) is 0 Å².